The van der Waals surface area contributed by atoms with Gasteiger partial charge in [-0.1, -0.05) is 24.3 Å². The van der Waals surface area contributed by atoms with E-state index in [9.17, 15) is 9.59 Å². The Morgan fingerprint density at radius 2 is 2.00 bits per heavy atom. The Kier molecular flexibility index (Phi) is 5.53. The molecule has 1 N–H and O–H groups in total. The Balaban J connectivity index is 1.52. The number of fused-ring (bicyclic) bond motifs is 1. The number of ether oxygens (including phenoxy) is 1. The number of nitriles is 1. The number of hydrogen-bond donors (Lipinski definition) is 1. The van der Waals surface area contributed by atoms with Gasteiger partial charge in [-0.25, -0.2) is 0 Å². The van der Waals surface area contributed by atoms with Crippen molar-refractivity contribution in [3.05, 3.63) is 66.4 Å². The normalized spacial score (nSPS) is 11.6. The van der Waals surface area contributed by atoms with Crippen LogP contribution in [-0.2, 0) is 20.9 Å². The molecule has 0 aliphatic carbocycles. The number of rotatable bonds is 6. The smallest absolute Gasteiger partial charge is 0.308 e. The van der Waals surface area contributed by atoms with Crippen molar-refractivity contribution in [1.29, 1.82) is 5.26 Å². The largest absolute Gasteiger partial charge is 0.452 e. The van der Waals surface area contributed by atoms with Crippen LogP contribution in [0.15, 0.2) is 60.8 Å². The Bertz CT molecular complexity index is 1020. The summed E-state index contributed by atoms with van der Waals surface area (Å²) in [5.74, 6) is -0.883. The van der Waals surface area contributed by atoms with E-state index >= 15 is 0 Å². The number of aryl methyl sites for hydroxylation is 1. The van der Waals surface area contributed by atoms with Crippen molar-refractivity contribution < 1.29 is 14.3 Å². The van der Waals surface area contributed by atoms with Gasteiger partial charge in [0.05, 0.1) is 18.1 Å². The van der Waals surface area contributed by atoms with E-state index in [1.54, 1.807) is 24.3 Å². The highest BCUT2D eigenvalue weighted by molar-refractivity contribution is 5.95. The van der Waals surface area contributed by atoms with E-state index in [4.69, 9.17) is 10.00 Å². The topological polar surface area (TPSA) is 84.1 Å². The molecule has 1 aromatic heterocycles. The lowest BCUT2D eigenvalue weighted by Gasteiger charge is -2.14. The van der Waals surface area contributed by atoms with Crippen molar-refractivity contribution >= 4 is 28.5 Å². The third kappa shape index (κ3) is 4.53. The van der Waals surface area contributed by atoms with Crippen molar-refractivity contribution in [2.45, 2.75) is 26.0 Å². The quantitative estimate of drug-likeness (QED) is 0.681. The van der Waals surface area contributed by atoms with Gasteiger partial charge in [-0.3, -0.25) is 9.59 Å². The van der Waals surface area contributed by atoms with Gasteiger partial charge in [-0.15, -0.1) is 0 Å². The molecule has 0 fully saturated rings. The van der Waals surface area contributed by atoms with Gasteiger partial charge in [0.25, 0.3) is 5.91 Å². The maximum absolute atomic E-state index is 12.2. The number of nitrogens with zero attached hydrogens (tertiary/aromatic N) is 2. The summed E-state index contributed by atoms with van der Waals surface area (Å²) in [6, 6.07) is 18.5. The first-order valence-electron chi connectivity index (χ1n) is 8.61. The number of para-hydroxylation sites is 1. The molecule has 1 amide bonds. The monoisotopic (exact) mass is 361 g/mol. The minimum absolute atomic E-state index is 0.167. The van der Waals surface area contributed by atoms with E-state index in [1.165, 1.54) is 6.92 Å². The van der Waals surface area contributed by atoms with Crippen LogP contribution in [0, 0.1) is 11.3 Å². The molecule has 0 bridgehead atoms. The van der Waals surface area contributed by atoms with Crippen LogP contribution < -0.4 is 5.32 Å². The molecular weight excluding hydrogens is 342 g/mol. The number of carbonyl (C=O) groups excluding carboxylic acids is 2. The first kappa shape index (κ1) is 18.2. The molecular formula is C21H19N3O3. The van der Waals surface area contributed by atoms with E-state index in [0.29, 0.717) is 17.8 Å². The summed E-state index contributed by atoms with van der Waals surface area (Å²) in [6.45, 7) is 2.00. The Labute approximate surface area is 157 Å². The van der Waals surface area contributed by atoms with E-state index in [-0.39, 0.29) is 6.42 Å². The van der Waals surface area contributed by atoms with Crippen LogP contribution in [0.3, 0.4) is 0 Å². The standard InChI is InChI=1S/C21H19N3O3/c1-15(21(26)23-18-7-4-5-16(13-18)14-22)27-20(25)10-12-24-11-9-17-6-2-3-8-19(17)24/h2-9,11,13,15H,10,12H2,1H3,(H,23,26)/t15-/m0/s1. The average Bonchev–Trinajstić information content (AvgIpc) is 3.09. The van der Waals surface area contributed by atoms with Crippen LogP contribution in [0.5, 0.6) is 0 Å². The Morgan fingerprint density at radius 3 is 2.81 bits per heavy atom. The third-order valence-electron chi connectivity index (χ3n) is 4.17. The fraction of sp³-hybridized carbons (Fsp3) is 0.190. The van der Waals surface area contributed by atoms with Crippen molar-refractivity contribution in [3.8, 4) is 6.07 Å². The van der Waals surface area contributed by atoms with Gasteiger partial charge >= 0.3 is 5.97 Å². The molecule has 0 radical (unpaired) electrons. The zero-order valence-electron chi connectivity index (χ0n) is 14.9. The fourth-order valence-corrected chi connectivity index (χ4v) is 2.77. The SMILES string of the molecule is C[C@H](OC(=O)CCn1ccc2ccccc21)C(=O)Nc1cccc(C#N)c1. The lowest BCUT2D eigenvalue weighted by atomic mass is 10.2. The second-order valence-electron chi connectivity index (χ2n) is 6.13. The van der Waals surface area contributed by atoms with Gasteiger partial charge in [0, 0.05) is 23.9 Å². The lowest BCUT2D eigenvalue weighted by molar-refractivity contribution is -0.153. The van der Waals surface area contributed by atoms with Crippen molar-refractivity contribution in [2.24, 2.45) is 0 Å². The summed E-state index contributed by atoms with van der Waals surface area (Å²) in [5, 5.41) is 12.6. The molecule has 1 atom stereocenters. The van der Waals surface area contributed by atoms with Crippen LogP contribution in [0.4, 0.5) is 5.69 Å². The van der Waals surface area contributed by atoms with E-state index in [0.717, 1.165) is 10.9 Å². The van der Waals surface area contributed by atoms with Crippen molar-refractivity contribution in [2.75, 3.05) is 5.32 Å². The van der Waals surface area contributed by atoms with Gasteiger partial charge in [0.2, 0.25) is 0 Å². The predicted octanol–water partition coefficient (Wildman–Crippen LogP) is 3.47. The maximum Gasteiger partial charge on any atom is 0.308 e. The molecule has 6 nitrogen and oxygen atoms in total. The van der Waals surface area contributed by atoms with Crippen LogP contribution in [0.25, 0.3) is 10.9 Å². The molecule has 0 unspecified atom stereocenters. The first-order chi connectivity index (χ1) is 13.1. The van der Waals surface area contributed by atoms with Gasteiger partial charge in [0.15, 0.2) is 6.10 Å². The molecule has 3 aromatic rings. The number of amides is 1. The minimum atomic E-state index is -0.926. The molecule has 0 aliphatic heterocycles. The summed E-state index contributed by atoms with van der Waals surface area (Å²) in [4.78, 5) is 24.3. The highest BCUT2D eigenvalue weighted by Crippen LogP contribution is 2.16. The minimum Gasteiger partial charge on any atom is -0.452 e. The molecule has 6 heteroatoms. The number of carbonyl (C=O) groups is 2. The van der Waals surface area contributed by atoms with E-state index in [1.807, 2.05) is 47.2 Å². The lowest BCUT2D eigenvalue weighted by Crippen LogP contribution is -2.30. The second-order valence-corrected chi connectivity index (χ2v) is 6.13. The van der Waals surface area contributed by atoms with Crippen LogP contribution in [0.2, 0.25) is 0 Å². The molecule has 0 saturated carbocycles. The second kappa shape index (κ2) is 8.19. The fourth-order valence-electron chi connectivity index (χ4n) is 2.77. The molecule has 136 valence electrons. The summed E-state index contributed by atoms with van der Waals surface area (Å²) < 4.78 is 7.20. The van der Waals surface area contributed by atoms with Gasteiger partial charge in [0.1, 0.15) is 0 Å². The molecule has 0 spiro atoms. The van der Waals surface area contributed by atoms with Crippen molar-refractivity contribution in [3.63, 3.8) is 0 Å². The molecule has 0 aliphatic rings. The number of esters is 1. The van der Waals surface area contributed by atoms with Gasteiger partial charge < -0.3 is 14.6 Å². The third-order valence-corrected chi connectivity index (χ3v) is 4.17. The molecule has 2 aromatic carbocycles. The Morgan fingerprint density at radius 1 is 1.19 bits per heavy atom. The zero-order chi connectivity index (χ0) is 19.2. The van der Waals surface area contributed by atoms with Crippen LogP contribution >= 0.6 is 0 Å². The number of benzene rings is 2. The summed E-state index contributed by atoms with van der Waals surface area (Å²) >= 11 is 0. The highest BCUT2D eigenvalue weighted by Gasteiger charge is 2.18. The van der Waals surface area contributed by atoms with E-state index in [2.05, 4.69) is 5.32 Å². The van der Waals surface area contributed by atoms with Crippen LogP contribution in [0.1, 0.15) is 18.9 Å². The van der Waals surface area contributed by atoms with E-state index < -0.39 is 18.0 Å². The summed E-state index contributed by atoms with van der Waals surface area (Å²) in [5.41, 5.74) is 1.98. The number of hydrogen-bond acceptors (Lipinski definition) is 4. The molecule has 1 heterocycles. The summed E-state index contributed by atoms with van der Waals surface area (Å²) in [7, 11) is 0. The molecule has 0 saturated heterocycles. The molecule has 27 heavy (non-hydrogen) atoms. The summed E-state index contributed by atoms with van der Waals surface area (Å²) in [6.07, 6.45) is 1.17. The first-order valence-corrected chi connectivity index (χ1v) is 8.61. The van der Waals surface area contributed by atoms with Crippen molar-refractivity contribution in [1.82, 2.24) is 4.57 Å². The van der Waals surface area contributed by atoms with Gasteiger partial charge in [-0.05, 0) is 42.6 Å². The predicted molar refractivity (Wildman–Crippen MR) is 102 cm³/mol. The number of aromatic nitrogens is 1. The maximum atomic E-state index is 12.2. The van der Waals surface area contributed by atoms with Gasteiger partial charge in [-0.2, -0.15) is 5.26 Å². The molecule has 3 rings (SSSR count). The zero-order valence-corrected chi connectivity index (χ0v) is 14.9. The number of nitrogens with one attached hydrogen (secondary N) is 1. The average molecular weight is 361 g/mol. The Hall–Kier alpha value is -3.59. The number of anilines is 1. The van der Waals surface area contributed by atoms with Crippen LogP contribution in [-0.4, -0.2) is 22.5 Å². The highest BCUT2D eigenvalue weighted by atomic mass is 16.5.